The molecule has 0 aliphatic rings. The summed E-state index contributed by atoms with van der Waals surface area (Å²) in [5.41, 5.74) is -0.0816. The van der Waals surface area contributed by atoms with Crippen molar-refractivity contribution in [2.45, 2.75) is 19.4 Å². The minimum absolute atomic E-state index is 0.00984. The minimum atomic E-state index is -1.22. The molecule has 1 aromatic carbocycles. The van der Waals surface area contributed by atoms with Crippen molar-refractivity contribution in [1.82, 2.24) is 15.0 Å². The molecular formula is C16H11Cl3FN3O. The highest BCUT2D eigenvalue weighted by atomic mass is 35.5. The van der Waals surface area contributed by atoms with Gasteiger partial charge in [-0.1, -0.05) is 23.2 Å². The van der Waals surface area contributed by atoms with Gasteiger partial charge < -0.3 is 5.11 Å². The molecule has 8 heteroatoms. The van der Waals surface area contributed by atoms with E-state index in [1.165, 1.54) is 18.5 Å². The molecule has 4 nitrogen and oxygen atoms in total. The summed E-state index contributed by atoms with van der Waals surface area (Å²) in [7, 11) is 0. The maximum Gasteiger partial charge on any atom is 0.222 e. The lowest BCUT2D eigenvalue weighted by molar-refractivity contribution is 0.0785. The quantitative estimate of drug-likeness (QED) is 0.628. The Bertz CT molecular complexity index is 957. The SMILES string of the molecule is CC(C)(O)c1cnc2c(F)cc(-c3nc(Cl)ncc3Cl)cc2c1Cl. The largest absolute Gasteiger partial charge is 0.386 e. The number of hydrogen-bond donors (Lipinski definition) is 1. The summed E-state index contributed by atoms with van der Waals surface area (Å²) < 4.78 is 14.5. The monoisotopic (exact) mass is 385 g/mol. The summed E-state index contributed by atoms with van der Waals surface area (Å²) in [4.78, 5) is 11.9. The predicted octanol–water partition coefficient (Wildman–Crippen LogP) is 5.02. The van der Waals surface area contributed by atoms with Crippen molar-refractivity contribution in [3.63, 3.8) is 0 Å². The maximum atomic E-state index is 14.5. The number of pyridine rings is 1. The van der Waals surface area contributed by atoms with Gasteiger partial charge in [-0.15, -0.1) is 0 Å². The van der Waals surface area contributed by atoms with E-state index in [1.54, 1.807) is 19.9 Å². The van der Waals surface area contributed by atoms with Crippen molar-refractivity contribution in [2.75, 3.05) is 0 Å². The van der Waals surface area contributed by atoms with Crippen LogP contribution >= 0.6 is 34.8 Å². The molecule has 124 valence electrons. The lowest BCUT2D eigenvalue weighted by Crippen LogP contribution is -2.16. The van der Waals surface area contributed by atoms with E-state index in [9.17, 15) is 9.50 Å². The van der Waals surface area contributed by atoms with Crippen LogP contribution in [0.15, 0.2) is 24.5 Å². The molecule has 0 aliphatic heterocycles. The average molecular weight is 387 g/mol. The van der Waals surface area contributed by atoms with Crippen molar-refractivity contribution in [3.05, 3.63) is 51.2 Å². The molecule has 0 atom stereocenters. The Morgan fingerprint density at radius 1 is 1.08 bits per heavy atom. The van der Waals surface area contributed by atoms with Crippen LogP contribution in [-0.2, 0) is 5.60 Å². The van der Waals surface area contributed by atoms with E-state index >= 15 is 0 Å². The van der Waals surface area contributed by atoms with Gasteiger partial charge in [0.05, 0.1) is 27.5 Å². The molecule has 0 saturated carbocycles. The number of hydrogen-bond acceptors (Lipinski definition) is 4. The Kier molecular flexibility index (Phi) is 4.38. The predicted molar refractivity (Wildman–Crippen MR) is 93.0 cm³/mol. The highest BCUT2D eigenvalue weighted by Crippen LogP contribution is 2.36. The summed E-state index contributed by atoms with van der Waals surface area (Å²) in [5.74, 6) is -0.586. The number of rotatable bonds is 2. The molecule has 0 spiro atoms. The van der Waals surface area contributed by atoms with Gasteiger partial charge in [0.1, 0.15) is 11.3 Å². The van der Waals surface area contributed by atoms with Gasteiger partial charge in [0.25, 0.3) is 0 Å². The van der Waals surface area contributed by atoms with E-state index in [4.69, 9.17) is 34.8 Å². The van der Waals surface area contributed by atoms with Gasteiger partial charge >= 0.3 is 0 Å². The number of halogens is 4. The van der Waals surface area contributed by atoms with Gasteiger partial charge in [-0.25, -0.2) is 14.4 Å². The number of nitrogens with zero attached hydrogens (tertiary/aromatic N) is 3. The van der Waals surface area contributed by atoms with Crippen LogP contribution in [0.2, 0.25) is 15.3 Å². The Morgan fingerprint density at radius 3 is 2.46 bits per heavy atom. The molecule has 1 N–H and O–H groups in total. The molecule has 0 amide bonds. The molecule has 0 unspecified atom stereocenters. The van der Waals surface area contributed by atoms with E-state index in [2.05, 4.69) is 15.0 Å². The van der Waals surface area contributed by atoms with Crippen LogP contribution in [0, 0.1) is 5.82 Å². The first-order valence-electron chi connectivity index (χ1n) is 6.87. The molecular weight excluding hydrogens is 376 g/mol. The van der Waals surface area contributed by atoms with E-state index in [0.717, 1.165) is 0 Å². The fraction of sp³-hybridized carbons (Fsp3) is 0.188. The van der Waals surface area contributed by atoms with Crippen LogP contribution < -0.4 is 0 Å². The highest BCUT2D eigenvalue weighted by molar-refractivity contribution is 6.36. The molecule has 0 fully saturated rings. The standard InChI is InChI=1S/C16H11Cl3FN3O/c1-16(2,24)9-5-21-14-8(12(9)18)3-7(4-11(14)20)13-10(17)6-22-15(19)23-13/h3-6,24H,1-2H3. The van der Waals surface area contributed by atoms with Gasteiger partial charge in [0.2, 0.25) is 5.28 Å². The Balaban J connectivity index is 2.33. The van der Waals surface area contributed by atoms with Gasteiger partial charge in [0.15, 0.2) is 0 Å². The van der Waals surface area contributed by atoms with E-state index in [1.807, 2.05) is 0 Å². The summed E-state index contributed by atoms with van der Waals surface area (Å²) >= 11 is 18.2. The first kappa shape index (κ1) is 17.3. The zero-order chi connectivity index (χ0) is 17.6. The number of benzene rings is 1. The number of aromatic nitrogens is 3. The zero-order valence-corrected chi connectivity index (χ0v) is 14.9. The van der Waals surface area contributed by atoms with Gasteiger partial charge in [0, 0.05) is 22.7 Å². The maximum absolute atomic E-state index is 14.5. The summed E-state index contributed by atoms with van der Waals surface area (Å²) in [5, 5.41) is 11.0. The van der Waals surface area contributed by atoms with Gasteiger partial charge in [-0.05, 0) is 37.6 Å². The van der Waals surface area contributed by atoms with Crippen molar-refractivity contribution in [3.8, 4) is 11.3 Å². The molecule has 0 bridgehead atoms. The topological polar surface area (TPSA) is 58.9 Å². The Hall–Kier alpha value is -1.53. The Labute approximate surface area is 152 Å². The van der Waals surface area contributed by atoms with Crippen molar-refractivity contribution in [2.24, 2.45) is 0 Å². The Morgan fingerprint density at radius 2 is 1.79 bits per heavy atom. The summed E-state index contributed by atoms with van der Waals surface area (Å²) in [6.45, 7) is 3.14. The van der Waals surface area contributed by atoms with Crippen LogP contribution in [0.4, 0.5) is 4.39 Å². The van der Waals surface area contributed by atoms with Crippen molar-refractivity contribution < 1.29 is 9.50 Å². The third-order valence-electron chi connectivity index (χ3n) is 3.51. The van der Waals surface area contributed by atoms with Crippen LogP contribution in [0.1, 0.15) is 19.4 Å². The second-order valence-electron chi connectivity index (χ2n) is 5.73. The molecule has 3 aromatic rings. The molecule has 2 aromatic heterocycles. The summed E-state index contributed by atoms with van der Waals surface area (Å²) in [6, 6.07) is 2.85. The smallest absolute Gasteiger partial charge is 0.222 e. The molecule has 0 saturated heterocycles. The van der Waals surface area contributed by atoms with E-state index in [-0.39, 0.29) is 26.5 Å². The third-order valence-corrected chi connectivity index (χ3v) is 4.37. The number of aliphatic hydroxyl groups is 1. The van der Waals surface area contributed by atoms with Crippen LogP contribution in [0.3, 0.4) is 0 Å². The second-order valence-corrected chi connectivity index (χ2v) is 6.86. The molecule has 2 heterocycles. The highest BCUT2D eigenvalue weighted by Gasteiger charge is 2.23. The normalized spacial score (nSPS) is 12.0. The number of fused-ring (bicyclic) bond motifs is 1. The van der Waals surface area contributed by atoms with Crippen LogP contribution in [0.5, 0.6) is 0 Å². The average Bonchev–Trinajstić information content (AvgIpc) is 2.49. The van der Waals surface area contributed by atoms with Gasteiger partial charge in [-0.2, -0.15) is 0 Å². The first-order chi connectivity index (χ1) is 11.2. The molecule has 3 rings (SSSR count). The zero-order valence-electron chi connectivity index (χ0n) is 12.6. The van der Waals surface area contributed by atoms with E-state index in [0.29, 0.717) is 16.5 Å². The molecule has 24 heavy (non-hydrogen) atoms. The lowest BCUT2D eigenvalue weighted by atomic mass is 9.97. The fourth-order valence-electron chi connectivity index (χ4n) is 2.34. The minimum Gasteiger partial charge on any atom is -0.386 e. The fourth-order valence-corrected chi connectivity index (χ4v) is 3.10. The van der Waals surface area contributed by atoms with Crippen LogP contribution in [0.25, 0.3) is 22.2 Å². The van der Waals surface area contributed by atoms with E-state index < -0.39 is 11.4 Å². The third kappa shape index (κ3) is 3.05. The molecule has 0 aliphatic carbocycles. The second kappa shape index (κ2) is 6.08. The first-order valence-corrected chi connectivity index (χ1v) is 8.01. The summed E-state index contributed by atoms with van der Waals surface area (Å²) in [6.07, 6.45) is 2.70. The lowest BCUT2D eigenvalue weighted by Gasteiger charge is -2.20. The van der Waals surface area contributed by atoms with Crippen molar-refractivity contribution >= 4 is 45.7 Å². The van der Waals surface area contributed by atoms with Crippen molar-refractivity contribution in [1.29, 1.82) is 0 Å². The molecule has 0 radical (unpaired) electrons. The van der Waals surface area contributed by atoms with Crippen LogP contribution in [-0.4, -0.2) is 20.1 Å². The van der Waals surface area contributed by atoms with Gasteiger partial charge in [-0.3, -0.25) is 4.98 Å².